The highest BCUT2D eigenvalue weighted by molar-refractivity contribution is 5.96. The first-order chi connectivity index (χ1) is 12.5. The van der Waals surface area contributed by atoms with E-state index >= 15 is 0 Å². The van der Waals surface area contributed by atoms with Gasteiger partial charge in [-0.15, -0.1) is 0 Å². The van der Waals surface area contributed by atoms with E-state index in [0.717, 1.165) is 5.56 Å². The average molecular weight is 379 g/mol. The predicted octanol–water partition coefficient (Wildman–Crippen LogP) is 1.35. The van der Waals surface area contributed by atoms with E-state index < -0.39 is 41.0 Å². The fourth-order valence-corrected chi connectivity index (χ4v) is 3.90. The second-order valence-electron chi connectivity index (χ2n) is 7.59. The van der Waals surface area contributed by atoms with Crippen LogP contribution in [-0.4, -0.2) is 58.5 Å². The van der Waals surface area contributed by atoms with Crippen LogP contribution >= 0.6 is 0 Å². The minimum atomic E-state index is -1.91. The van der Waals surface area contributed by atoms with E-state index in [4.69, 9.17) is 9.47 Å². The molecule has 0 aromatic heterocycles. The van der Waals surface area contributed by atoms with Crippen molar-refractivity contribution in [2.45, 2.75) is 51.5 Å². The lowest BCUT2D eigenvalue weighted by Gasteiger charge is -2.47. The molecule has 1 aliphatic rings. The number of amides is 1. The van der Waals surface area contributed by atoms with Crippen LogP contribution in [0.15, 0.2) is 24.3 Å². The Morgan fingerprint density at radius 3 is 2.26 bits per heavy atom. The zero-order valence-electron chi connectivity index (χ0n) is 16.7. The zero-order chi connectivity index (χ0) is 20.6. The molecule has 0 saturated carbocycles. The van der Waals surface area contributed by atoms with Crippen molar-refractivity contribution in [3.8, 4) is 5.75 Å². The third-order valence-corrected chi connectivity index (χ3v) is 5.73. The van der Waals surface area contributed by atoms with Gasteiger partial charge in [0.1, 0.15) is 11.4 Å². The first-order valence-electron chi connectivity index (χ1n) is 8.98. The molecule has 7 nitrogen and oxygen atoms in total. The van der Waals surface area contributed by atoms with Gasteiger partial charge in [-0.1, -0.05) is 32.9 Å². The number of aliphatic hydroxyl groups is 2. The van der Waals surface area contributed by atoms with Crippen LogP contribution in [-0.2, 0) is 20.9 Å². The molecule has 1 aliphatic heterocycles. The monoisotopic (exact) mass is 379 g/mol. The molecule has 1 amide bonds. The van der Waals surface area contributed by atoms with Gasteiger partial charge in [-0.25, -0.2) is 4.79 Å². The Kier molecular flexibility index (Phi) is 5.87. The summed E-state index contributed by atoms with van der Waals surface area (Å²) in [6, 6.07) is 7.04. The Balaban J connectivity index is 2.61. The number of carbonyl (C=O) groups excluding carboxylic acids is 2. The van der Waals surface area contributed by atoms with Gasteiger partial charge in [-0.2, -0.15) is 0 Å². The van der Waals surface area contributed by atoms with E-state index in [2.05, 4.69) is 0 Å². The normalized spacial score (nSPS) is 29.1. The number of hydrogen-bond donors (Lipinski definition) is 2. The van der Waals surface area contributed by atoms with Crippen LogP contribution in [0, 0.1) is 11.8 Å². The molecule has 0 bridgehead atoms. The highest BCUT2D eigenvalue weighted by Gasteiger charge is 2.72. The van der Waals surface area contributed by atoms with E-state index in [1.54, 1.807) is 52.1 Å². The Bertz CT molecular complexity index is 699. The number of hydrogen-bond acceptors (Lipinski definition) is 6. The number of ether oxygens (including phenoxy) is 2. The summed E-state index contributed by atoms with van der Waals surface area (Å²) in [5.41, 5.74) is -2.99. The smallest absolute Gasteiger partial charge is 0.337 e. The summed E-state index contributed by atoms with van der Waals surface area (Å²) in [4.78, 5) is 27.2. The number of methoxy groups -OCH3 is 2. The minimum Gasteiger partial charge on any atom is -0.497 e. The maximum absolute atomic E-state index is 13.0. The molecule has 0 spiro atoms. The van der Waals surface area contributed by atoms with Gasteiger partial charge in [0.2, 0.25) is 5.91 Å². The number of benzene rings is 1. The van der Waals surface area contributed by atoms with Crippen LogP contribution < -0.4 is 4.74 Å². The van der Waals surface area contributed by atoms with Gasteiger partial charge in [0.25, 0.3) is 0 Å². The van der Waals surface area contributed by atoms with Crippen LogP contribution in [0.25, 0.3) is 0 Å². The molecule has 1 fully saturated rings. The number of rotatable bonds is 6. The molecule has 1 saturated heterocycles. The SMILES string of the molecule is COC(=O)[C@]1([C@@H](O)C(C)C)N(Cc2ccc(OC)cc2)C(=O)[C@@H](C)[C@]1(C)O. The lowest BCUT2D eigenvalue weighted by Crippen LogP contribution is -2.70. The second kappa shape index (κ2) is 7.48. The number of esters is 1. The predicted molar refractivity (Wildman–Crippen MR) is 98.9 cm³/mol. The van der Waals surface area contributed by atoms with Crippen molar-refractivity contribution < 1.29 is 29.3 Å². The van der Waals surface area contributed by atoms with Crippen molar-refractivity contribution in [1.82, 2.24) is 4.90 Å². The first kappa shape index (κ1) is 21.2. The van der Waals surface area contributed by atoms with Gasteiger partial charge in [0.15, 0.2) is 5.54 Å². The van der Waals surface area contributed by atoms with Crippen LogP contribution in [0.5, 0.6) is 5.75 Å². The minimum absolute atomic E-state index is 0.0438. The van der Waals surface area contributed by atoms with Gasteiger partial charge in [-0.05, 0) is 30.5 Å². The molecule has 0 aliphatic carbocycles. The standard InChI is InChI=1S/C20H29NO6/c1-12(2)16(22)20(18(24)27-6)19(4,25)13(3)17(23)21(20)11-14-7-9-15(26-5)10-8-14/h7-10,12-13,16,22,25H,11H2,1-6H3/t13-,16+,19+,20+/m1/s1. The van der Waals surface area contributed by atoms with Gasteiger partial charge >= 0.3 is 5.97 Å². The quantitative estimate of drug-likeness (QED) is 0.725. The van der Waals surface area contributed by atoms with E-state index in [0.29, 0.717) is 5.75 Å². The molecule has 7 heteroatoms. The molecule has 0 unspecified atom stereocenters. The van der Waals surface area contributed by atoms with Gasteiger partial charge in [0.05, 0.1) is 26.2 Å². The van der Waals surface area contributed by atoms with E-state index in [-0.39, 0.29) is 6.54 Å². The summed E-state index contributed by atoms with van der Waals surface area (Å²) >= 11 is 0. The van der Waals surface area contributed by atoms with Crippen molar-refractivity contribution >= 4 is 11.9 Å². The van der Waals surface area contributed by atoms with Gasteiger partial charge in [0, 0.05) is 6.54 Å². The molecule has 1 heterocycles. The second-order valence-corrected chi connectivity index (χ2v) is 7.59. The number of carbonyl (C=O) groups is 2. The lowest BCUT2D eigenvalue weighted by atomic mass is 9.70. The maximum atomic E-state index is 13.0. The van der Waals surface area contributed by atoms with Crippen molar-refractivity contribution in [1.29, 1.82) is 0 Å². The Labute approximate surface area is 159 Å². The molecular weight excluding hydrogens is 350 g/mol. The largest absolute Gasteiger partial charge is 0.497 e. The maximum Gasteiger partial charge on any atom is 0.337 e. The molecule has 1 aromatic carbocycles. The fraction of sp³-hybridized carbons (Fsp3) is 0.600. The third-order valence-electron chi connectivity index (χ3n) is 5.73. The number of likely N-dealkylation sites (tertiary alicyclic amines) is 1. The van der Waals surface area contributed by atoms with Gasteiger partial charge in [-0.3, -0.25) is 4.79 Å². The molecule has 0 radical (unpaired) electrons. The first-order valence-corrected chi connectivity index (χ1v) is 8.98. The lowest BCUT2D eigenvalue weighted by molar-refractivity contribution is -0.190. The molecule has 27 heavy (non-hydrogen) atoms. The Morgan fingerprint density at radius 1 is 1.26 bits per heavy atom. The van der Waals surface area contributed by atoms with Crippen LogP contribution in [0.4, 0.5) is 0 Å². The van der Waals surface area contributed by atoms with Crippen LogP contribution in [0.3, 0.4) is 0 Å². The highest BCUT2D eigenvalue weighted by atomic mass is 16.5. The average Bonchev–Trinajstić information content (AvgIpc) is 2.79. The van der Waals surface area contributed by atoms with Crippen LogP contribution in [0.1, 0.15) is 33.3 Å². The molecular formula is C20H29NO6. The summed E-state index contributed by atoms with van der Waals surface area (Å²) in [7, 11) is 2.74. The summed E-state index contributed by atoms with van der Waals surface area (Å²) in [5, 5.41) is 22.3. The Hall–Kier alpha value is -2.12. The molecule has 4 atom stereocenters. The van der Waals surface area contributed by atoms with Crippen LogP contribution in [0.2, 0.25) is 0 Å². The summed E-state index contributed by atoms with van der Waals surface area (Å²) in [6.45, 7) is 6.46. The Morgan fingerprint density at radius 2 is 1.81 bits per heavy atom. The highest BCUT2D eigenvalue weighted by Crippen LogP contribution is 2.48. The summed E-state index contributed by atoms with van der Waals surface area (Å²) in [6.07, 6.45) is -1.31. The topological polar surface area (TPSA) is 96.3 Å². The molecule has 1 aromatic rings. The number of nitrogens with zero attached hydrogens (tertiary/aromatic N) is 1. The zero-order valence-corrected chi connectivity index (χ0v) is 16.7. The summed E-state index contributed by atoms with van der Waals surface area (Å²) in [5.74, 6) is -1.87. The van der Waals surface area contributed by atoms with E-state index in [1.165, 1.54) is 18.9 Å². The van der Waals surface area contributed by atoms with E-state index in [9.17, 15) is 19.8 Å². The van der Waals surface area contributed by atoms with Crippen molar-refractivity contribution in [3.63, 3.8) is 0 Å². The fourth-order valence-electron chi connectivity index (χ4n) is 3.90. The number of aliphatic hydroxyl groups excluding tert-OH is 1. The van der Waals surface area contributed by atoms with Crippen molar-refractivity contribution in [3.05, 3.63) is 29.8 Å². The third kappa shape index (κ3) is 3.08. The molecule has 2 N–H and O–H groups in total. The van der Waals surface area contributed by atoms with Crippen molar-refractivity contribution in [2.24, 2.45) is 11.8 Å². The molecule has 150 valence electrons. The summed E-state index contributed by atoms with van der Waals surface area (Å²) < 4.78 is 10.1. The molecule has 2 rings (SSSR count). The van der Waals surface area contributed by atoms with E-state index in [1.807, 2.05) is 0 Å². The van der Waals surface area contributed by atoms with Gasteiger partial charge < -0.3 is 24.6 Å². The van der Waals surface area contributed by atoms with Crippen molar-refractivity contribution in [2.75, 3.05) is 14.2 Å².